The number of benzene rings is 1. The van der Waals surface area contributed by atoms with Crippen LogP contribution < -0.4 is 5.32 Å². The molecular weight excluding hydrogens is 268 g/mol. The summed E-state index contributed by atoms with van der Waals surface area (Å²) in [7, 11) is 1.81. The van der Waals surface area contributed by atoms with E-state index in [2.05, 4.69) is 12.2 Å². The molecule has 120 valence electrons. The van der Waals surface area contributed by atoms with Gasteiger partial charge in [-0.25, -0.2) is 8.78 Å². The van der Waals surface area contributed by atoms with Crippen molar-refractivity contribution in [2.75, 3.05) is 7.05 Å². The molecule has 1 N–H and O–H groups in total. The number of nitrogens with one attached hydrogen (secondary N) is 1. The van der Waals surface area contributed by atoms with E-state index >= 15 is 0 Å². The Kier molecular flexibility index (Phi) is 9.24. The van der Waals surface area contributed by atoms with Gasteiger partial charge in [0.25, 0.3) is 0 Å². The predicted molar refractivity (Wildman–Crippen MR) is 85.4 cm³/mol. The monoisotopic (exact) mass is 297 g/mol. The number of unbranched alkanes of at least 4 members (excludes halogenated alkanes) is 7. The minimum Gasteiger partial charge on any atom is -0.313 e. The third kappa shape index (κ3) is 7.03. The van der Waals surface area contributed by atoms with Gasteiger partial charge in [-0.2, -0.15) is 0 Å². The van der Waals surface area contributed by atoms with Crippen molar-refractivity contribution in [2.24, 2.45) is 0 Å². The highest BCUT2D eigenvalue weighted by Crippen LogP contribution is 2.23. The zero-order valence-electron chi connectivity index (χ0n) is 13.4. The largest absolute Gasteiger partial charge is 0.313 e. The normalized spacial score (nSPS) is 12.6. The summed E-state index contributed by atoms with van der Waals surface area (Å²) in [5.74, 6) is -0.696. The molecule has 0 bridgehead atoms. The van der Waals surface area contributed by atoms with Gasteiger partial charge in [0.05, 0.1) is 0 Å². The minimum atomic E-state index is -0.373. The Bertz CT molecular complexity index is 393. The second-order valence-electron chi connectivity index (χ2n) is 5.77. The van der Waals surface area contributed by atoms with Gasteiger partial charge in [-0.05, 0) is 31.7 Å². The van der Waals surface area contributed by atoms with Gasteiger partial charge in [0.1, 0.15) is 11.6 Å². The zero-order chi connectivity index (χ0) is 15.5. The molecule has 0 spiro atoms. The molecule has 3 heteroatoms. The lowest BCUT2D eigenvalue weighted by Crippen LogP contribution is -2.18. The summed E-state index contributed by atoms with van der Waals surface area (Å²) in [6.07, 6.45) is 10.9. The van der Waals surface area contributed by atoms with Crippen LogP contribution in [0.25, 0.3) is 0 Å². The highest BCUT2D eigenvalue weighted by molar-refractivity contribution is 5.22. The van der Waals surface area contributed by atoms with Crippen molar-refractivity contribution in [1.82, 2.24) is 5.32 Å². The molecule has 1 aromatic rings. The Morgan fingerprint density at radius 2 is 1.57 bits per heavy atom. The van der Waals surface area contributed by atoms with E-state index in [9.17, 15) is 8.78 Å². The van der Waals surface area contributed by atoms with Crippen LogP contribution in [-0.4, -0.2) is 7.05 Å². The highest BCUT2D eigenvalue weighted by atomic mass is 19.1. The predicted octanol–water partition coefficient (Wildman–Crippen LogP) is 5.76. The standard InChI is InChI=1S/C18H29F2N/c1-3-4-5-6-7-8-9-10-11-18(21-2)16-14-15(19)12-13-17(16)20/h12-14,18,21H,3-11H2,1-2H3. The third-order valence-electron chi connectivity index (χ3n) is 4.03. The molecule has 1 atom stereocenters. The van der Waals surface area contributed by atoms with E-state index in [1.54, 1.807) is 7.05 Å². The van der Waals surface area contributed by atoms with Crippen LogP contribution >= 0.6 is 0 Å². The summed E-state index contributed by atoms with van der Waals surface area (Å²) >= 11 is 0. The maximum absolute atomic E-state index is 13.7. The van der Waals surface area contributed by atoms with Gasteiger partial charge in [0, 0.05) is 11.6 Å². The molecule has 21 heavy (non-hydrogen) atoms. The van der Waals surface area contributed by atoms with E-state index in [0.717, 1.165) is 12.8 Å². The molecule has 0 saturated carbocycles. The molecule has 0 aromatic heterocycles. The van der Waals surface area contributed by atoms with Crippen molar-refractivity contribution in [3.05, 3.63) is 35.4 Å². The summed E-state index contributed by atoms with van der Waals surface area (Å²) in [6, 6.07) is 3.59. The van der Waals surface area contributed by atoms with E-state index in [-0.39, 0.29) is 17.7 Å². The van der Waals surface area contributed by atoms with Crippen molar-refractivity contribution in [2.45, 2.75) is 70.8 Å². The second kappa shape index (κ2) is 10.7. The number of hydrogen-bond donors (Lipinski definition) is 1. The summed E-state index contributed by atoms with van der Waals surface area (Å²) in [5, 5.41) is 3.10. The van der Waals surface area contributed by atoms with E-state index in [1.807, 2.05) is 0 Å². The Hall–Kier alpha value is -0.960. The lowest BCUT2D eigenvalue weighted by molar-refractivity contribution is 0.470. The molecule has 0 amide bonds. The molecule has 0 aliphatic heterocycles. The van der Waals surface area contributed by atoms with Gasteiger partial charge in [-0.15, -0.1) is 0 Å². The van der Waals surface area contributed by atoms with E-state index in [4.69, 9.17) is 0 Å². The van der Waals surface area contributed by atoms with Crippen molar-refractivity contribution in [3.63, 3.8) is 0 Å². The average Bonchev–Trinajstić information content (AvgIpc) is 2.49. The SMILES string of the molecule is CCCCCCCCCCC(NC)c1cc(F)ccc1F. The summed E-state index contributed by atoms with van der Waals surface area (Å²) < 4.78 is 27.0. The number of hydrogen-bond acceptors (Lipinski definition) is 1. The van der Waals surface area contributed by atoms with Crippen LogP contribution in [0.4, 0.5) is 8.78 Å². The Labute approximate surface area is 128 Å². The first-order chi connectivity index (χ1) is 10.2. The zero-order valence-corrected chi connectivity index (χ0v) is 13.4. The Morgan fingerprint density at radius 1 is 0.952 bits per heavy atom. The Balaban J connectivity index is 2.27. The molecule has 0 aliphatic carbocycles. The highest BCUT2D eigenvalue weighted by Gasteiger charge is 2.14. The number of rotatable bonds is 11. The molecule has 0 saturated heterocycles. The molecule has 1 unspecified atom stereocenters. The maximum Gasteiger partial charge on any atom is 0.128 e. The first-order valence-corrected chi connectivity index (χ1v) is 8.31. The van der Waals surface area contributed by atoms with Gasteiger partial charge < -0.3 is 5.32 Å². The molecule has 0 radical (unpaired) electrons. The summed E-state index contributed by atoms with van der Waals surface area (Å²) in [6.45, 7) is 2.23. The van der Waals surface area contributed by atoms with Crippen LogP contribution in [0.2, 0.25) is 0 Å². The quantitative estimate of drug-likeness (QED) is 0.512. The van der Waals surface area contributed by atoms with Gasteiger partial charge in [0.15, 0.2) is 0 Å². The maximum atomic E-state index is 13.7. The van der Waals surface area contributed by atoms with Crippen LogP contribution in [-0.2, 0) is 0 Å². The second-order valence-corrected chi connectivity index (χ2v) is 5.77. The molecular formula is C18H29F2N. The smallest absolute Gasteiger partial charge is 0.128 e. The fourth-order valence-corrected chi connectivity index (χ4v) is 2.72. The van der Waals surface area contributed by atoms with Crippen LogP contribution in [0.3, 0.4) is 0 Å². The third-order valence-corrected chi connectivity index (χ3v) is 4.03. The van der Waals surface area contributed by atoms with Crippen molar-refractivity contribution in [3.8, 4) is 0 Å². The first-order valence-electron chi connectivity index (χ1n) is 8.31. The van der Waals surface area contributed by atoms with Crippen molar-refractivity contribution in [1.29, 1.82) is 0 Å². The lowest BCUT2D eigenvalue weighted by Gasteiger charge is -2.17. The summed E-state index contributed by atoms with van der Waals surface area (Å²) in [4.78, 5) is 0. The fourth-order valence-electron chi connectivity index (χ4n) is 2.72. The van der Waals surface area contributed by atoms with E-state index in [1.165, 1.54) is 63.1 Å². The first kappa shape index (κ1) is 18.1. The fraction of sp³-hybridized carbons (Fsp3) is 0.667. The molecule has 1 nitrogen and oxygen atoms in total. The van der Waals surface area contributed by atoms with Gasteiger partial charge >= 0.3 is 0 Å². The molecule has 0 aliphatic rings. The molecule has 0 fully saturated rings. The van der Waals surface area contributed by atoms with E-state index < -0.39 is 0 Å². The molecule has 1 rings (SSSR count). The Morgan fingerprint density at radius 3 is 2.19 bits per heavy atom. The van der Waals surface area contributed by atoms with Gasteiger partial charge in [0.2, 0.25) is 0 Å². The summed E-state index contributed by atoms with van der Waals surface area (Å²) in [5.41, 5.74) is 0.445. The van der Waals surface area contributed by atoms with Crippen molar-refractivity contribution >= 4 is 0 Å². The van der Waals surface area contributed by atoms with Crippen LogP contribution in [0.5, 0.6) is 0 Å². The van der Waals surface area contributed by atoms with Crippen LogP contribution in [0.15, 0.2) is 18.2 Å². The van der Waals surface area contributed by atoms with E-state index in [0.29, 0.717) is 5.56 Å². The topological polar surface area (TPSA) is 12.0 Å². The van der Waals surface area contributed by atoms with Crippen molar-refractivity contribution < 1.29 is 8.78 Å². The van der Waals surface area contributed by atoms with Gasteiger partial charge in [-0.3, -0.25) is 0 Å². The van der Waals surface area contributed by atoms with Crippen LogP contribution in [0.1, 0.15) is 76.3 Å². The van der Waals surface area contributed by atoms with Crippen LogP contribution in [0, 0.1) is 11.6 Å². The molecule has 1 aromatic carbocycles. The molecule has 0 heterocycles. The lowest BCUT2D eigenvalue weighted by atomic mass is 9.99. The number of halogens is 2. The minimum absolute atomic E-state index is 0.0965. The van der Waals surface area contributed by atoms with Gasteiger partial charge in [-0.1, -0.05) is 58.3 Å². The average molecular weight is 297 g/mol.